The van der Waals surface area contributed by atoms with Crippen molar-refractivity contribution >= 4 is 5.97 Å². The molecular formula is C13H20N2O2. The Kier molecular flexibility index (Phi) is 5.10. The van der Waals surface area contributed by atoms with E-state index in [9.17, 15) is 9.90 Å². The first-order valence-electron chi connectivity index (χ1n) is 5.97. The van der Waals surface area contributed by atoms with E-state index < -0.39 is 11.4 Å². The molecule has 17 heavy (non-hydrogen) atoms. The Balaban J connectivity index is 2.51. The minimum absolute atomic E-state index is 0.490. The normalized spacial score (nSPS) is 11.4. The van der Waals surface area contributed by atoms with Crippen LogP contribution in [0.25, 0.3) is 0 Å². The molecule has 4 heteroatoms. The summed E-state index contributed by atoms with van der Waals surface area (Å²) in [7, 11) is 0. The third-order valence-corrected chi connectivity index (χ3v) is 3.32. The molecule has 0 aliphatic rings. The van der Waals surface area contributed by atoms with Gasteiger partial charge in [-0.05, 0) is 24.5 Å². The molecule has 94 valence electrons. The van der Waals surface area contributed by atoms with Gasteiger partial charge < -0.3 is 10.4 Å². The first-order valence-corrected chi connectivity index (χ1v) is 5.97. The second-order valence-corrected chi connectivity index (χ2v) is 4.26. The van der Waals surface area contributed by atoms with Crippen molar-refractivity contribution in [3.8, 4) is 0 Å². The number of nitrogens with zero attached hydrogens (tertiary/aromatic N) is 1. The lowest BCUT2D eigenvalue weighted by atomic mass is 9.82. The largest absolute Gasteiger partial charge is 0.481 e. The van der Waals surface area contributed by atoms with Crippen LogP contribution in [0.3, 0.4) is 0 Å². The molecule has 0 bridgehead atoms. The van der Waals surface area contributed by atoms with Gasteiger partial charge >= 0.3 is 5.97 Å². The van der Waals surface area contributed by atoms with Crippen LogP contribution in [0.4, 0.5) is 0 Å². The Bertz CT molecular complexity index is 348. The number of rotatable bonds is 7. The van der Waals surface area contributed by atoms with Crippen LogP contribution in [-0.2, 0) is 11.3 Å². The smallest absolute Gasteiger partial charge is 0.310 e. The maximum absolute atomic E-state index is 11.3. The SMILES string of the molecule is CCC(CC)(CNCc1cccnc1)C(=O)O. The Labute approximate surface area is 102 Å². The minimum Gasteiger partial charge on any atom is -0.481 e. The van der Waals surface area contributed by atoms with E-state index >= 15 is 0 Å². The molecule has 0 atom stereocenters. The molecule has 4 nitrogen and oxygen atoms in total. The molecule has 0 fully saturated rings. The minimum atomic E-state index is -0.721. The third-order valence-electron chi connectivity index (χ3n) is 3.32. The monoisotopic (exact) mass is 236 g/mol. The highest BCUT2D eigenvalue weighted by Gasteiger charge is 2.34. The lowest BCUT2D eigenvalue weighted by Gasteiger charge is -2.26. The van der Waals surface area contributed by atoms with Gasteiger partial charge in [-0.3, -0.25) is 9.78 Å². The average Bonchev–Trinajstić information content (AvgIpc) is 2.36. The van der Waals surface area contributed by atoms with Crippen molar-refractivity contribution in [3.63, 3.8) is 0 Å². The predicted molar refractivity (Wildman–Crippen MR) is 66.6 cm³/mol. The lowest BCUT2D eigenvalue weighted by molar-refractivity contribution is -0.149. The van der Waals surface area contributed by atoms with E-state index in [1.807, 2.05) is 26.0 Å². The highest BCUT2D eigenvalue weighted by atomic mass is 16.4. The summed E-state index contributed by atoms with van der Waals surface area (Å²) < 4.78 is 0. The van der Waals surface area contributed by atoms with Crippen molar-refractivity contribution in [1.29, 1.82) is 0 Å². The molecule has 0 aromatic carbocycles. The lowest BCUT2D eigenvalue weighted by Crippen LogP contribution is -2.40. The van der Waals surface area contributed by atoms with Gasteiger partial charge in [0, 0.05) is 25.5 Å². The van der Waals surface area contributed by atoms with Gasteiger partial charge in [-0.15, -0.1) is 0 Å². The van der Waals surface area contributed by atoms with E-state index in [0.29, 0.717) is 25.9 Å². The maximum atomic E-state index is 11.3. The van der Waals surface area contributed by atoms with E-state index in [-0.39, 0.29) is 0 Å². The van der Waals surface area contributed by atoms with E-state index in [4.69, 9.17) is 0 Å². The number of aromatic nitrogens is 1. The number of nitrogens with one attached hydrogen (secondary N) is 1. The summed E-state index contributed by atoms with van der Waals surface area (Å²) in [5.74, 6) is -0.721. The van der Waals surface area contributed by atoms with Crippen molar-refractivity contribution in [1.82, 2.24) is 10.3 Å². The molecule has 0 saturated carbocycles. The Hall–Kier alpha value is -1.42. The Morgan fingerprint density at radius 3 is 2.65 bits per heavy atom. The van der Waals surface area contributed by atoms with Crippen LogP contribution in [0.15, 0.2) is 24.5 Å². The molecule has 0 amide bonds. The maximum Gasteiger partial charge on any atom is 0.310 e. The van der Waals surface area contributed by atoms with Crippen LogP contribution in [0, 0.1) is 5.41 Å². The van der Waals surface area contributed by atoms with E-state index in [2.05, 4.69) is 10.3 Å². The summed E-state index contributed by atoms with van der Waals surface area (Å²) in [5, 5.41) is 12.5. The van der Waals surface area contributed by atoms with Crippen molar-refractivity contribution in [2.24, 2.45) is 5.41 Å². The van der Waals surface area contributed by atoms with Crippen LogP contribution in [0.1, 0.15) is 32.3 Å². The molecule has 0 saturated heterocycles. The molecule has 2 N–H and O–H groups in total. The third kappa shape index (κ3) is 3.53. The first-order chi connectivity index (χ1) is 8.14. The van der Waals surface area contributed by atoms with Gasteiger partial charge in [0.25, 0.3) is 0 Å². The zero-order valence-electron chi connectivity index (χ0n) is 10.4. The summed E-state index contributed by atoms with van der Waals surface area (Å²) >= 11 is 0. The van der Waals surface area contributed by atoms with E-state index in [1.54, 1.807) is 12.4 Å². The molecule has 0 radical (unpaired) electrons. The summed E-state index contributed by atoms with van der Waals surface area (Å²) in [6.45, 7) is 4.99. The van der Waals surface area contributed by atoms with E-state index in [1.165, 1.54) is 0 Å². The van der Waals surface area contributed by atoms with Gasteiger partial charge in [0.05, 0.1) is 5.41 Å². The topological polar surface area (TPSA) is 62.2 Å². The molecule has 1 rings (SSSR count). The van der Waals surface area contributed by atoms with Gasteiger partial charge in [0.2, 0.25) is 0 Å². The zero-order valence-corrected chi connectivity index (χ0v) is 10.4. The second kappa shape index (κ2) is 6.35. The number of carbonyl (C=O) groups is 1. The Morgan fingerprint density at radius 1 is 1.47 bits per heavy atom. The molecule has 1 aromatic heterocycles. The number of aliphatic carboxylic acids is 1. The highest BCUT2D eigenvalue weighted by Crippen LogP contribution is 2.25. The zero-order chi connectivity index (χ0) is 12.7. The summed E-state index contributed by atoms with van der Waals surface area (Å²) in [6.07, 6.45) is 4.79. The van der Waals surface area contributed by atoms with Crippen LogP contribution < -0.4 is 5.32 Å². The molecule has 0 aliphatic heterocycles. The summed E-state index contributed by atoms with van der Waals surface area (Å²) in [6, 6.07) is 3.85. The molecule has 1 aromatic rings. The molecular weight excluding hydrogens is 216 g/mol. The van der Waals surface area contributed by atoms with Crippen molar-refractivity contribution in [2.75, 3.05) is 6.54 Å². The molecule has 1 heterocycles. The number of carboxylic acids is 1. The van der Waals surface area contributed by atoms with E-state index in [0.717, 1.165) is 5.56 Å². The number of pyridine rings is 1. The first kappa shape index (κ1) is 13.6. The fourth-order valence-electron chi connectivity index (χ4n) is 1.83. The summed E-state index contributed by atoms with van der Waals surface area (Å²) in [4.78, 5) is 15.3. The van der Waals surface area contributed by atoms with Gasteiger partial charge in [-0.25, -0.2) is 0 Å². The molecule has 0 aliphatic carbocycles. The van der Waals surface area contributed by atoms with Crippen molar-refractivity contribution in [3.05, 3.63) is 30.1 Å². The molecule has 0 unspecified atom stereocenters. The van der Waals surface area contributed by atoms with Crippen LogP contribution in [-0.4, -0.2) is 22.6 Å². The quantitative estimate of drug-likeness (QED) is 0.760. The van der Waals surface area contributed by atoms with Gasteiger partial charge in [0.1, 0.15) is 0 Å². The fraction of sp³-hybridized carbons (Fsp3) is 0.538. The van der Waals surface area contributed by atoms with Crippen molar-refractivity contribution < 1.29 is 9.90 Å². The van der Waals surface area contributed by atoms with Crippen LogP contribution >= 0.6 is 0 Å². The van der Waals surface area contributed by atoms with Gasteiger partial charge in [0.15, 0.2) is 0 Å². The fourth-order valence-corrected chi connectivity index (χ4v) is 1.83. The number of hydrogen-bond donors (Lipinski definition) is 2. The Morgan fingerprint density at radius 2 is 2.18 bits per heavy atom. The van der Waals surface area contributed by atoms with Crippen molar-refractivity contribution in [2.45, 2.75) is 33.2 Å². The summed E-state index contributed by atoms with van der Waals surface area (Å²) in [5.41, 5.74) is 0.418. The highest BCUT2D eigenvalue weighted by molar-refractivity contribution is 5.74. The number of carboxylic acid groups (broad SMARTS) is 1. The van der Waals surface area contributed by atoms with Crippen LogP contribution in [0.2, 0.25) is 0 Å². The number of hydrogen-bond acceptors (Lipinski definition) is 3. The standard InChI is InChI=1S/C13H20N2O2/c1-3-13(4-2,12(16)17)10-15-9-11-6-5-7-14-8-11/h5-8,15H,3-4,9-10H2,1-2H3,(H,16,17). The molecule has 0 spiro atoms. The second-order valence-electron chi connectivity index (χ2n) is 4.26. The predicted octanol–water partition coefficient (Wildman–Crippen LogP) is 2.06. The average molecular weight is 236 g/mol. The van der Waals surface area contributed by atoms with Crippen LogP contribution in [0.5, 0.6) is 0 Å². The van der Waals surface area contributed by atoms with Gasteiger partial charge in [-0.1, -0.05) is 19.9 Å². The van der Waals surface area contributed by atoms with Gasteiger partial charge in [-0.2, -0.15) is 0 Å².